The van der Waals surface area contributed by atoms with Crippen molar-refractivity contribution >= 4 is 33.2 Å². The number of sulfonamides is 1. The second-order valence-corrected chi connectivity index (χ2v) is 8.41. The molecule has 0 spiro atoms. The molecule has 7 nitrogen and oxygen atoms in total. The van der Waals surface area contributed by atoms with Crippen LogP contribution in [-0.4, -0.2) is 25.2 Å². The maximum Gasteiger partial charge on any atom is 0.281 e. The lowest BCUT2D eigenvalue weighted by molar-refractivity contribution is 0.0949. The summed E-state index contributed by atoms with van der Waals surface area (Å²) in [5, 5.41) is 5.53. The number of pyridine rings is 1. The molecule has 2 heterocycles. The highest BCUT2D eigenvalue weighted by atomic mass is 32.2. The largest absolute Gasteiger partial charge is 0.348 e. The van der Waals surface area contributed by atoms with Crippen molar-refractivity contribution in [2.24, 2.45) is 0 Å². The highest BCUT2D eigenvalue weighted by molar-refractivity contribution is 7.90. The van der Waals surface area contributed by atoms with Crippen LogP contribution in [0, 0.1) is 6.92 Å². The number of carbonyl (C=O) groups excluding carboxylic acids is 2. The number of nitrogens with zero attached hydrogens (tertiary/aromatic N) is 1. The van der Waals surface area contributed by atoms with Crippen LogP contribution in [0.4, 0.5) is 0 Å². The van der Waals surface area contributed by atoms with Gasteiger partial charge in [0, 0.05) is 23.7 Å². The summed E-state index contributed by atoms with van der Waals surface area (Å²) in [5.41, 5.74) is 2.40. The molecule has 28 heavy (non-hydrogen) atoms. The number of amides is 2. The van der Waals surface area contributed by atoms with Crippen LogP contribution in [0.25, 0.3) is 0 Å². The zero-order valence-electron chi connectivity index (χ0n) is 14.9. The van der Waals surface area contributed by atoms with Crippen molar-refractivity contribution in [2.45, 2.75) is 18.5 Å². The topological polar surface area (TPSA) is 105 Å². The summed E-state index contributed by atoms with van der Waals surface area (Å²) < 4.78 is 26.8. The van der Waals surface area contributed by atoms with Crippen molar-refractivity contribution in [3.05, 3.63) is 81.7 Å². The first-order valence-electron chi connectivity index (χ1n) is 8.24. The minimum Gasteiger partial charge on any atom is -0.348 e. The first kappa shape index (κ1) is 19.7. The number of aromatic nitrogens is 1. The molecule has 3 rings (SSSR count). The van der Waals surface area contributed by atoms with Gasteiger partial charge in [-0.05, 0) is 36.1 Å². The Kier molecular flexibility index (Phi) is 5.86. The molecule has 0 aliphatic heterocycles. The number of hydrogen-bond acceptors (Lipinski definition) is 6. The molecule has 2 aromatic heterocycles. The Labute approximate surface area is 166 Å². The fourth-order valence-corrected chi connectivity index (χ4v) is 3.90. The van der Waals surface area contributed by atoms with E-state index < -0.39 is 26.9 Å². The zero-order valence-corrected chi connectivity index (χ0v) is 16.5. The predicted molar refractivity (Wildman–Crippen MR) is 106 cm³/mol. The molecule has 0 saturated carbocycles. The van der Waals surface area contributed by atoms with Gasteiger partial charge in [0.15, 0.2) is 5.03 Å². The van der Waals surface area contributed by atoms with Crippen molar-refractivity contribution in [2.75, 3.05) is 0 Å². The van der Waals surface area contributed by atoms with Crippen LogP contribution >= 0.6 is 11.3 Å². The van der Waals surface area contributed by atoms with Crippen LogP contribution in [-0.2, 0) is 16.6 Å². The van der Waals surface area contributed by atoms with E-state index in [9.17, 15) is 18.0 Å². The van der Waals surface area contributed by atoms with Gasteiger partial charge in [0.25, 0.3) is 21.8 Å². The second kappa shape index (κ2) is 8.32. The van der Waals surface area contributed by atoms with Gasteiger partial charge in [0.1, 0.15) is 0 Å². The van der Waals surface area contributed by atoms with Crippen LogP contribution in [0.3, 0.4) is 0 Å². The van der Waals surface area contributed by atoms with E-state index in [1.165, 1.54) is 35.0 Å². The van der Waals surface area contributed by atoms with Gasteiger partial charge >= 0.3 is 0 Å². The number of hydrogen-bond donors (Lipinski definition) is 2. The van der Waals surface area contributed by atoms with Crippen molar-refractivity contribution < 1.29 is 18.0 Å². The number of rotatable bonds is 6. The normalized spacial score (nSPS) is 11.0. The van der Waals surface area contributed by atoms with E-state index in [2.05, 4.69) is 10.3 Å². The van der Waals surface area contributed by atoms with Crippen LogP contribution in [0.1, 0.15) is 31.8 Å². The van der Waals surface area contributed by atoms with E-state index in [-0.39, 0.29) is 11.1 Å². The summed E-state index contributed by atoms with van der Waals surface area (Å²) in [6.07, 6.45) is 1.21. The van der Waals surface area contributed by atoms with E-state index in [1.54, 1.807) is 5.38 Å². The van der Waals surface area contributed by atoms with Crippen LogP contribution < -0.4 is 10.0 Å². The van der Waals surface area contributed by atoms with Crippen LogP contribution in [0.15, 0.2) is 64.4 Å². The van der Waals surface area contributed by atoms with Gasteiger partial charge in [-0.2, -0.15) is 19.8 Å². The molecule has 0 saturated heterocycles. The Hall–Kier alpha value is -3.04. The number of thiophene rings is 1. The van der Waals surface area contributed by atoms with Gasteiger partial charge in [0.2, 0.25) is 0 Å². The second-order valence-electron chi connectivity index (χ2n) is 6.00. The van der Waals surface area contributed by atoms with Gasteiger partial charge in [-0.25, -0.2) is 9.71 Å². The van der Waals surface area contributed by atoms with Gasteiger partial charge in [-0.1, -0.05) is 29.8 Å². The van der Waals surface area contributed by atoms with Gasteiger partial charge in [-0.3, -0.25) is 9.59 Å². The molecule has 0 atom stereocenters. The Balaban J connectivity index is 1.71. The zero-order chi connectivity index (χ0) is 20.1. The summed E-state index contributed by atoms with van der Waals surface area (Å²) in [5.74, 6) is -1.19. The average Bonchev–Trinajstić information content (AvgIpc) is 3.22. The molecule has 2 amide bonds. The van der Waals surface area contributed by atoms with E-state index >= 15 is 0 Å². The molecular weight excluding hydrogens is 398 g/mol. The number of carbonyl (C=O) groups is 2. The molecule has 0 bridgehead atoms. The maximum atomic E-state index is 12.4. The average molecular weight is 415 g/mol. The lowest BCUT2D eigenvalue weighted by Gasteiger charge is -2.08. The molecule has 9 heteroatoms. The Bertz CT molecular complexity index is 1090. The van der Waals surface area contributed by atoms with Crippen molar-refractivity contribution in [3.8, 4) is 0 Å². The van der Waals surface area contributed by atoms with E-state index in [0.717, 1.165) is 17.2 Å². The third-order valence-corrected chi connectivity index (χ3v) is 5.77. The molecule has 144 valence electrons. The standard InChI is InChI=1S/C19H17N3O4S2/c1-13-2-4-14(5-3-13)11-21-18(23)15-6-8-20-17(10-15)28(25,26)22-19(24)16-7-9-27-12-16/h2-10,12H,11H2,1H3,(H,21,23)(H,22,24). The molecule has 0 aliphatic carbocycles. The molecule has 0 fully saturated rings. The molecule has 0 aliphatic rings. The number of nitrogens with one attached hydrogen (secondary N) is 2. The molecule has 2 N–H and O–H groups in total. The molecule has 0 radical (unpaired) electrons. The highest BCUT2D eigenvalue weighted by Crippen LogP contribution is 2.11. The Morgan fingerprint density at radius 1 is 1.04 bits per heavy atom. The Morgan fingerprint density at radius 3 is 2.46 bits per heavy atom. The summed E-state index contributed by atoms with van der Waals surface area (Å²) in [6, 6.07) is 11.7. The summed E-state index contributed by atoms with van der Waals surface area (Å²) in [7, 11) is -4.20. The monoisotopic (exact) mass is 415 g/mol. The summed E-state index contributed by atoms with van der Waals surface area (Å²) >= 11 is 1.28. The summed E-state index contributed by atoms with van der Waals surface area (Å²) in [4.78, 5) is 28.1. The third-order valence-electron chi connectivity index (χ3n) is 3.86. The number of benzene rings is 1. The van der Waals surface area contributed by atoms with Crippen LogP contribution in [0.5, 0.6) is 0 Å². The molecule has 0 unspecified atom stereocenters. The van der Waals surface area contributed by atoms with Gasteiger partial charge in [0.05, 0.1) is 5.56 Å². The molecular formula is C19H17N3O4S2. The Morgan fingerprint density at radius 2 is 1.79 bits per heavy atom. The quantitative estimate of drug-likeness (QED) is 0.644. The van der Waals surface area contributed by atoms with Crippen molar-refractivity contribution in [1.82, 2.24) is 15.0 Å². The fourth-order valence-electron chi connectivity index (χ4n) is 2.31. The SMILES string of the molecule is Cc1ccc(CNC(=O)c2ccnc(S(=O)(=O)NC(=O)c3ccsc3)c2)cc1. The van der Waals surface area contributed by atoms with Gasteiger partial charge < -0.3 is 5.32 Å². The minimum absolute atomic E-state index is 0.130. The third kappa shape index (κ3) is 4.81. The van der Waals surface area contributed by atoms with Crippen LogP contribution in [0.2, 0.25) is 0 Å². The van der Waals surface area contributed by atoms with Crippen molar-refractivity contribution in [3.63, 3.8) is 0 Å². The van der Waals surface area contributed by atoms with Crippen molar-refractivity contribution in [1.29, 1.82) is 0 Å². The predicted octanol–water partition coefficient (Wildman–Crippen LogP) is 2.50. The lowest BCUT2D eigenvalue weighted by atomic mass is 10.1. The highest BCUT2D eigenvalue weighted by Gasteiger charge is 2.21. The van der Waals surface area contributed by atoms with E-state index in [4.69, 9.17) is 0 Å². The van der Waals surface area contributed by atoms with E-state index in [1.807, 2.05) is 35.9 Å². The van der Waals surface area contributed by atoms with E-state index in [0.29, 0.717) is 6.54 Å². The fraction of sp³-hybridized carbons (Fsp3) is 0.105. The maximum absolute atomic E-state index is 12.4. The lowest BCUT2D eigenvalue weighted by Crippen LogP contribution is -2.31. The number of aryl methyl sites for hydroxylation is 1. The molecule has 3 aromatic rings. The summed E-state index contributed by atoms with van der Waals surface area (Å²) in [6.45, 7) is 2.27. The molecule has 1 aromatic carbocycles. The first-order valence-corrected chi connectivity index (χ1v) is 10.7. The first-order chi connectivity index (χ1) is 13.3. The smallest absolute Gasteiger partial charge is 0.281 e. The van der Waals surface area contributed by atoms with Gasteiger partial charge in [-0.15, -0.1) is 0 Å². The minimum atomic E-state index is -4.20.